The zero-order chi connectivity index (χ0) is 26.3. The van der Waals surface area contributed by atoms with Gasteiger partial charge in [0.05, 0.1) is 30.9 Å². The summed E-state index contributed by atoms with van der Waals surface area (Å²) in [5.41, 5.74) is 4.48. The number of Topliss-reactive ketones (excluding diaryl/α,β-unsaturated/α-hetero) is 1. The Kier molecular flexibility index (Phi) is 6.92. The Bertz CT molecular complexity index is 1340. The fourth-order valence-corrected chi connectivity index (χ4v) is 6.19. The van der Waals surface area contributed by atoms with Crippen LogP contribution in [0.15, 0.2) is 30.3 Å². The summed E-state index contributed by atoms with van der Waals surface area (Å²) in [4.78, 5) is 31.5. The second-order valence-corrected chi connectivity index (χ2v) is 10.3. The molecule has 2 aliphatic rings. The summed E-state index contributed by atoms with van der Waals surface area (Å²) >= 11 is 0. The van der Waals surface area contributed by atoms with Crippen LogP contribution in [0.2, 0.25) is 0 Å². The molecule has 0 N–H and O–H groups in total. The Morgan fingerprint density at radius 2 is 1.84 bits per heavy atom. The van der Waals surface area contributed by atoms with E-state index in [9.17, 15) is 14.0 Å². The molecule has 3 aromatic rings. The van der Waals surface area contributed by atoms with Gasteiger partial charge < -0.3 is 14.0 Å². The van der Waals surface area contributed by atoms with E-state index < -0.39 is 5.82 Å². The topological polar surface area (TPSA) is 73.7 Å². The molecule has 8 heteroatoms. The molecule has 7 nitrogen and oxygen atoms in total. The molecule has 1 aliphatic heterocycles. The van der Waals surface area contributed by atoms with Crippen molar-refractivity contribution in [2.45, 2.75) is 70.9 Å². The summed E-state index contributed by atoms with van der Waals surface area (Å²) in [5.74, 6) is 1.03. The fourth-order valence-electron chi connectivity index (χ4n) is 6.19. The Morgan fingerprint density at radius 1 is 1.08 bits per heavy atom. The summed E-state index contributed by atoms with van der Waals surface area (Å²) in [5, 5.41) is 0. The highest BCUT2D eigenvalue weighted by molar-refractivity contribution is 5.95. The SMILES string of the molecule is COC(=O)N1c2ccc3c(nc(Cc4cccc(F)c4OC)n3C3CCC(C(C)=O)CC3)c2CC[C@@H]1C. The van der Waals surface area contributed by atoms with Crippen LogP contribution in [0.5, 0.6) is 5.75 Å². The van der Waals surface area contributed by atoms with Crippen molar-refractivity contribution in [3.8, 4) is 5.75 Å². The van der Waals surface area contributed by atoms with E-state index >= 15 is 0 Å². The van der Waals surface area contributed by atoms with Gasteiger partial charge in [-0.1, -0.05) is 12.1 Å². The van der Waals surface area contributed by atoms with Crippen LogP contribution >= 0.6 is 0 Å². The predicted octanol–water partition coefficient (Wildman–Crippen LogP) is 6.00. The average molecular weight is 508 g/mol. The first kappa shape index (κ1) is 25.2. The number of para-hydroxylation sites is 1. The number of aromatic nitrogens is 2. The molecule has 1 saturated carbocycles. The van der Waals surface area contributed by atoms with E-state index in [4.69, 9.17) is 14.5 Å². The van der Waals surface area contributed by atoms with Gasteiger partial charge in [0.1, 0.15) is 11.6 Å². The van der Waals surface area contributed by atoms with Crippen LogP contribution < -0.4 is 9.64 Å². The largest absolute Gasteiger partial charge is 0.493 e. The minimum atomic E-state index is -0.398. The van der Waals surface area contributed by atoms with E-state index in [1.54, 1.807) is 17.9 Å². The van der Waals surface area contributed by atoms with Crippen molar-refractivity contribution in [1.29, 1.82) is 0 Å². The lowest BCUT2D eigenvalue weighted by molar-refractivity contribution is -0.121. The first-order valence-electron chi connectivity index (χ1n) is 13.1. The number of ether oxygens (including phenoxy) is 2. The van der Waals surface area contributed by atoms with Gasteiger partial charge in [-0.15, -0.1) is 0 Å². The normalized spacial score (nSPS) is 21.5. The van der Waals surface area contributed by atoms with Crippen molar-refractivity contribution >= 4 is 28.6 Å². The number of carbonyl (C=O) groups is 2. The first-order chi connectivity index (χ1) is 17.8. The molecule has 0 bridgehead atoms. The zero-order valence-electron chi connectivity index (χ0n) is 21.9. The highest BCUT2D eigenvalue weighted by atomic mass is 19.1. The number of fused-ring (bicyclic) bond motifs is 3. The lowest BCUT2D eigenvalue weighted by atomic mass is 9.83. The molecule has 0 saturated heterocycles. The maximum atomic E-state index is 14.5. The Hall–Kier alpha value is -3.42. The second kappa shape index (κ2) is 10.1. The van der Waals surface area contributed by atoms with Gasteiger partial charge in [0.2, 0.25) is 0 Å². The molecular weight excluding hydrogens is 473 g/mol. The average Bonchev–Trinajstić information content (AvgIpc) is 3.26. The molecule has 5 rings (SSSR count). The molecule has 0 unspecified atom stereocenters. The van der Waals surface area contributed by atoms with Gasteiger partial charge in [-0.2, -0.15) is 0 Å². The van der Waals surface area contributed by atoms with E-state index in [-0.39, 0.29) is 35.6 Å². The minimum absolute atomic E-state index is 0.0253. The fraction of sp³-hybridized carbons (Fsp3) is 0.483. The van der Waals surface area contributed by atoms with Gasteiger partial charge in [-0.25, -0.2) is 14.2 Å². The Labute approximate surface area is 216 Å². The molecule has 1 atom stereocenters. The molecule has 0 radical (unpaired) electrons. The monoisotopic (exact) mass is 507 g/mol. The molecule has 196 valence electrons. The van der Waals surface area contributed by atoms with Crippen LogP contribution in [-0.2, 0) is 22.4 Å². The van der Waals surface area contributed by atoms with Crippen molar-refractivity contribution in [3.05, 3.63) is 53.1 Å². The molecule has 1 amide bonds. The molecule has 37 heavy (non-hydrogen) atoms. The molecule has 1 aromatic heterocycles. The van der Waals surface area contributed by atoms with Crippen molar-refractivity contribution in [2.75, 3.05) is 19.1 Å². The number of halogens is 1. The standard InChI is InChI=1S/C29H34FN3O4/c1-17-8-13-22-24(32(17)29(35)37-4)14-15-25-27(22)31-26(16-20-6-5-7-23(30)28(20)36-3)33(25)21-11-9-19(10-12-21)18(2)34/h5-7,14-15,17,19,21H,8-13,16H2,1-4H3/t17-,19?,21?/m0/s1. The lowest BCUT2D eigenvalue weighted by Gasteiger charge is -2.34. The number of nitrogens with zero attached hydrogens (tertiary/aromatic N) is 3. The maximum Gasteiger partial charge on any atom is 0.414 e. The van der Waals surface area contributed by atoms with E-state index in [0.717, 1.165) is 72.2 Å². The third-order valence-electron chi connectivity index (χ3n) is 8.14. The van der Waals surface area contributed by atoms with Crippen LogP contribution in [-0.4, -0.2) is 41.7 Å². The van der Waals surface area contributed by atoms with Gasteiger partial charge in [0.15, 0.2) is 11.6 Å². The van der Waals surface area contributed by atoms with Crippen LogP contribution in [0.4, 0.5) is 14.9 Å². The molecule has 1 aliphatic carbocycles. The quantitative estimate of drug-likeness (QED) is 0.423. The summed E-state index contributed by atoms with van der Waals surface area (Å²) in [7, 11) is 2.88. The van der Waals surface area contributed by atoms with Crippen LogP contribution in [0, 0.1) is 11.7 Å². The minimum Gasteiger partial charge on any atom is -0.493 e. The van der Waals surface area contributed by atoms with Gasteiger partial charge in [-0.3, -0.25) is 9.69 Å². The van der Waals surface area contributed by atoms with E-state index in [0.29, 0.717) is 6.42 Å². The van der Waals surface area contributed by atoms with Gasteiger partial charge >= 0.3 is 6.09 Å². The van der Waals surface area contributed by atoms with Crippen LogP contribution in [0.1, 0.15) is 68.9 Å². The molecule has 2 heterocycles. The zero-order valence-corrected chi connectivity index (χ0v) is 21.9. The highest BCUT2D eigenvalue weighted by Crippen LogP contribution is 2.41. The smallest absolute Gasteiger partial charge is 0.414 e. The summed E-state index contributed by atoms with van der Waals surface area (Å²) in [6, 6.07) is 9.20. The Balaban J connectivity index is 1.64. The van der Waals surface area contributed by atoms with E-state index in [2.05, 4.69) is 4.57 Å². The summed E-state index contributed by atoms with van der Waals surface area (Å²) in [6.45, 7) is 3.71. The number of aryl methyl sites for hydroxylation is 1. The number of rotatable bonds is 5. The van der Waals surface area contributed by atoms with Crippen molar-refractivity contribution in [3.63, 3.8) is 0 Å². The third kappa shape index (κ3) is 4.47. The number of carbonyl (C=O) groups excluding carboxylic acids is 2. The number of amides is 1. The van der Waals surface area contributed by atoms with Gasteiger partial charge in [-0.05, 0) is 70.6 Å². The Morgan fingerprint density at radius 3 is 2.51 bits per heavy atom. The van der Waals surface area contributed by atoms with Crippen molar-refractivity contribution in [1.82, 2.24) is 9.55 Å². The number of anilines is 1. The van der Waals surface area contributed by atoms with E-state index in [1.807, 2.05) is 25.1 Å². The van der Waals surface area contributed by atoms with Gasteiger partial charge in [0, 0.05) is 35.5 Å². The molecule has 2 aromatic carbocycles. The van der Waals surface area contributed by atoms with Crippen LogP contribution in [0.3, 0.4) is 0 Å². The highest BCUT2D eigenvalue weighted by Gasteiger charge is 2.33. The molecule has 0 spiro atoms. The summed E-state index contributed by atoms with van der Waals surface area (Å²) < 4.78 is 27.3. The number of methoxy groups -OCH3 is 2. The number of imidazole rings is 1. The number of hydrogen-bond donors (Lipinski definition) is 0. The first-order valence-corrected chi connectivity index (χ1v) is 13.1. The molecular formula is C29H34FN3O4. The number of ketones is 1. The maximum absolute atomic E-state index is 14.5. The second-order valence-electron chi connectivity index (χ2n) is 10.3. The lowest BCUT2D eigenvalue weighted by Crippen LogP contribution is -2.42. The number of hydrogen-bond acceptors (Lipinski definition) is 5. The van der Waals surface area contributed by atoms with Crippen molar-refractivity contribution in [2.24, 2.45) is 5.92 Å². The van der Waals surface area contributed by atoms with Crippen molar-refractivity contribution < 1.29 is 23.5 Å². The van der Waals surface area contributed by atoms with Gasteiger partial charge in [0.25, 0.3) is 0 Å². The predicted molar refractivity (Wildman–Crippen MR) is 140 cm³/mol. The van der Waals surface area contributed by atoms with Crippen LogP contribution in [0.25, 0.3) is 11.0 Å². The van der Waals surface area contributed by atoms with E-state index in [1.165, 1.54) is 20.3 Å². The number of benzene rings is 2. The molecule has 1 fully saturated rings. The third-order valence-corrected chi connectivity index (χ3v) is 8.14. The summed E-state index contributed by atoms with van der Waals surface area (Å²) in [6.07, 6.45) is 5.11.